The molecule has 4 aromatic rings. The van der Waals surface area contributed by atoms with E-state index in [0.717, 1.165) is 16.7 Å². The molecule has 32 heavy (non-hydrogen) atoms. The number of aromatic nitrogens is 1. The lowest BCUT2D eigenvalue weighted by molar-refractivity contribution is 0.102. The van der Waals surface area contributed by atoms with Crippen molar-refractivity contribution in [2.75, 3.05) is 18.5 Å². The first-order chi connectivity index (χ1) is 15.7. The van der Waals surface area contributed by atoms with Gasteiger partial charge in [-0.05, 0) is 41.0 Å². The smallest absolute Gasteiger partial charge is 0.261 e. The maximum absolute atomic E-state index is 12.6. The van der Waals surface area contributed by atoms with Crippen molar-refractivity contribution in [3.63, 3.8) is 0 Å². The predicted molar refractivity (Wildman–Crippen MR) is 123 cm³/mol. The van der Waals surface area contributed by atoms with Crippen LogP contribution in [0.15, 0.2) is 89.7 Å². The second-order valence-electron chi connectivity index (χ2n) is 7.37. The predicted octanol–water partition coefficient (Wildman–Crippen LogP) is 4.73. The average Bonchev–Trinajstić information content (AvgIpc) is 2.84. The number of hydrogen-bond donors (Lipinski definition) is 2. The second-order valence-corrected chi connectivity index (χ2v) is 7.37. The van der Waals surface area contributed by atoms with Crippen molar-refractivity contribution >= 4 is 11.6 Å². The zero-order chi connectivity index (χ0) is 21.9. The van der Waals surface area contributed by atoms with Crippen LogP contribution in [0.1, 0.15) is 10.4 Å². The van der Waals surface area contributed by atoms with Crippen LogP contribution in [0.2, 0.25) is 0 Å². The average molecular weight is 424 g/mol. The van der Waals surface area contributed by atoms with Gasteiger partial charge in [0.25, 0.3) is 11.5 Å². The molecule has 158 valence electrons. The minimum atomic E-state index is -0.492. The van der Waals surface area contributed by atoms with E-state index >= 15 is 0 Å². The molecule has 0 saturated carbocycles. The zero-order valence-electron chi connectivity index (χ0n) is 17.1. The molecule has 1 aliphatic heterocycles. The Balaban J connectivity index is 1.34. The summed E-state index contributed by atoms with van der Waals surface area (Å²) >= 11 is 0. The summed E-state index contributed by atoms with van der Waals surface area (Å²) in [5, 5.41) is 2.74. The summed E-state index contributed by atoms with van der Waals surface area (Å²) in [5.74, 6) is 0.709. The number of benzene rings is 3. The summed E-state index contributed by atoms with van der Waals surface area (Å²) in [6, 6.07) is 26.4. The number of amides is 1. The van der Waals surface area contributed by atoms with Gasteiger partial charge in [-0.15, -0.1) is 0 Å². The number of pyridine rings is 1. The number of ether oxygens (including phenoxy) is 2. The summed E-state index contributed by atoms with van der Waals surface area (Å²) in [6.07, 6.45) is 0. The second kappa shape index (κ2) is 8.43. The first-order valence-electron chi connectivity index (χ1n) is 10.3. The molecule has 2 N–H and O–H groups in total. The van der Waals surface area contributed by atoms with Crippen molar-refractivity contribution in [1.82, 2.24) is 4.98 Å². The molecule has 6 nitrogen and oxygen atoms in total. The topological polar surface area (TPSA) is 80.4 Å². The fraction of sp³-hybridized carbons (Fsp3) is 0.0769. The first-order valence-corrected chi connectivity index (χ1v) is 10.3. The number of anilines is 1. The van der Waals surface area contributed by atoms with Gasteiger partial charge in [-0.2, -0.15) is 0 Å². The highest BCUT2D eigenvalue weighted by molar-refractivity contribution is 6.04. The maximum Gasteiger partial charge on any atom is 0.261 e. The van der Waals surface area contributed by atoms with E-state index in [1.807, 2.05) is 54.6 Å². The van der Waals surface area contributed by atoms with Gasteiger partial charge in [0.2, 0.25) is 0 Å². The molecule has 0 radical (unpaired) electrons. The Morgan fingerprint density at radius 2 is 1.44 bits per heavy atom. The van der Waals surface area contributed by atoms with Crippen molar-refractivity contribution in [2.24, 2.45) is 0 Å². The highest BCUT2D eigenvalue weighted by atomic mass is 16.6. The largest absolute Gasteiger partial charge is 0.486 e. The van der Waals surface area contributed by atoms with Crippen LogP contribution in [0.5, 0.6) is 11.5 Å². The minimum Gasteiger partial charge on any atom is -0.486 e. The Hall–Kier alpha value is -4.32. The van der Waals surface area contributed by atoms with Crippen LogP contribution in [0.25, 0.3) is 22.4 Å². The number of aromatic amines is 1. The van der Waals surface area contributed by atoms with Crippen LogP contribution >= 0.6 is 0 Å². The van der Waals surface area contributed by atoms with E-state index < -0.39 is 11.5 Å². The van der Waals surface area contributed by atoms with E-state index in [-0.39, 0.29) is 5.56 Å². The van der Waals surface area contributed by atoms with Gasteiger partial charge in [0.05, 0.1) is 0 Å². The molecule has 0 unspecified atom stereocenters. The molecule has 0 fully saturated rings. The lowest BCUT2D eigenvalue weighted by Gasteiger charge is -2.19. The normalized spacial score (nSPS) is 12.2. The monoisotopic (exact) mass is 424 g/mol. The third-order valence-corrected chi connectivity index (χ3v) is 5.26. The molecule has 0 bridgehead atoms. The molecular formula is C26H20N2O4. The maximum atomic E-state index is 12.6. The summed E-state index contributed by atoms with van der Waals surface area (Å²) in [7, 11) is 0. The molecular weight excluding hydrogens is 404 g/mol. The third-order valence-electron chi connectivity index (χ3n) is 5.26. The van der Waals surface area contributed by atoms with E-state index in [2.05, 4.69) is 10.3 Å². The van der Waals surface area contributed by atoms with Gasteiger partial charge in [0, 0.05) is 17.4 Å². The number of nitrogens with one attached hydrogen (secondary N) is 2. The zero-order valence-corrected chi connectivity index (χ0v) is 17.1. The Kier molecular flexibility index (Phi) is 5.17. The van der Waals surface area contributed by atoms with Crippen LogP contribution in [0.3, 0.4) is 0 Å². The van der Waals surface area contributed by atoms with E-state index in [1.165, 1.54) is 6.07 Å². The van der Waals surface area contributed by atoms with Gasteiger partial charge in [0.15, 0.2) is 11.5 Å². The van der Waals surface area contributed by atoms with Crippen LogP contribution in [-0.4, -0.2) is 24.1 Å². The number of hydrogen-bond acceptors (Lipinski definition) is 4. The van der Waals surface area contributed by atoms with Crippen molar-refractivity contribution in [3.8, 4) is 33.9 Å². The highest BCUT2D eigenvalue weighted by Crippen LogP contribution is 2.32. The fourth-order valence-corrected chi connectivity index (χ4v) is 3.61. The summed E-state index contributed by atoms with van der Waals surface area (Å²) in [6.45, 7) is 0.952. The molecule has 1 aromatic heterocycles. The number of fused-ring (bicyclic) bond motifs is 1. The SMILES string of the molecule is O=C(Nc1ccc2c(c1)OCCO2)c1ccc(-c2ccc(-c3ccccc3)cc2)[nH]c1=O. The van der Waals surface area contributed by atoms with Crippen LogP contribution in [0, 0.1) is 0 Å². The molecule has 1 amide bonds. The Morgan fingerprint density at radius 1 is 0.750 bits per heavy atom. The lowest BCUT2D eigenvalue weighted by atomic mass is 10.0. The van der Waals surface area contributed by atoms with Crippen molar-refractivity contribution in [1.29, 1.82) is 0 Å². The van der Waals surface area contributed by atoms with Gasteiger partial charge in [-0.3, -0.25) is 9.59 Å². The quantitative estimate of drug-likeness (QED) is 0.496. The van der Waals surface area contributed by atoms with E-state index in [4.69, 9.17) is 9.47 Å². The number of H-pyrrole nitrogens is 1. The molecule has 0 spiro atoms. The van der Waals surface area contributed by atoms with Crippen LogP contribution in [0.4, 0.5) is 5.69 Å². The lowest BCUT2D eigenvalue weighted by Crippen LogP contribution is -2.23. The van der Waals surface area contributed by atoms with Crippen molar-refractivity contribution in [2.45, 2.75) is 0 Å². The Labute approximate surface area is 184 Å². The molecule has 0 atom stereocenters. The van der Waals surface area contributed by atoms with Crippen molar-refractivity contribution < 1.29 is 14.3 Å². The molecule has 0 aliphatic carbocycles. The summed E-state index contributed by atoms with van der Waals surface area (Å²) in [4.78, 5) is 28.1. The highest BCUT2D eigenvalue weighted by Gasteiger charge is 2.15. The molecule has 0 saturated heterocycles. The van der Waals surface area contributed by atoms with Gasteiger partial charge in [-0.1, -0.05) is 54.6 Å². The molecule has 3 aromatic carbocycles. The van der Waals surface area contributed by atoms with Crippen LogP contribution < -0.4 is 20.3 Å². The molecule has 5 rings (SSSR count). The summed E-state index contributed by atoms with van der Waals surface area (Å²) in [5.41, 5.74) is 3.82. The van der Waals surface area contributed by atoms with E-state index in [9.17, 15) is 9.59 Å². The molecule has 2 heterocycles. The van der Waals surface area contributed by atoms with Gasteiger partial charge >= 0.3 is 0 Å². The van der Waals surface area contributed by atoms with Gasteiger partial charge in [-0.25, -0.2) is 0 Å². The van der Waals surface area contributed by atoms with Gasteiger partial charge < -0.3 is 19.8 Å². The van der Waals surface area contributed by atoms with Gasteiger partial charge in [0.1, 0.15) is 18.8 Å². The van der Waals surface area contributed by atoms with Crippen LogP contribution in [-0.2, 0) is 0 Å². The van der Waals surface area contributed by atoms with E-state index in [0.29, 0.717) is 36.1 Å². The summed E-state index contributed by atoms with van der Waals surface area (Å²) < 4.78 is 11.0. The number of carbonyl (C=O) groups excluding carboxylic acids is 1. The Bertz CT molecular complexity index is 1330. The van der Waals surface area contributed by atoms with Crippen molar-refractivity contribution in [3.05, 3.63) is 101 Å². The first kappa shape index (κ1) is 19.6. The number of carbonyl (C=O) groups is 1. The molecule has 1 aliphatic rings. The standard InChI is InChI=1S/C26H20N2O4/c29-25(27-20-10-13-23-24(16-20)32-15-14-31-23)21-11-12-22(28-26(21)30)19-8-6-18(7-9-19)17-4-2-1-3-5-17/h1-13,16H,14-15H2,(H,27,29)(H,28,30). The fourth-order valence-electron chi connectivity index (χ4n) is 3.61. The Morgan fingerprint density at radius 3 is 2.19 bits per heavy atom. The third kappa shape index (κ3) is 3.98. The molecule has 6 heteroatoms. The minimum absolute atomic E-state index is 0.0320. The number of rotatable bonds is 4. The van der Waals surface area contributed by atoms with E-state index in [1.54, 1.807) is 24.3 Å².